The zero-order valence-corrected chi connectivity index (χ0v) is 16.7. The van der Waals surface area contributed by atoms with Crippen LogP contribution in [0.5, 0.6) is 0 Å². The van der Waals surface area contributed by atoms with Crippen molar-refractivity contribution in [2.24, 2.45) is 0 Å². The number of aromatic nitrogens is 1. The Morgan fingerprint density at radius 3 is 2.27 bits per heavy atom. The van der Waals surface area contributed by atoms with Gasteiger partial charge in [0.25, 0.3) is 0 Å². The highest BCUT2D eigenvalue weighted by Crippen LogP contribution is 2.30. The number of pyridine rings is 1. The number of rotatable bonds is 6. The van der Waals surface area contributed by atoms with Crippen molar-refractivity contribution >= 4 is 34.6 Å². The first kappa shape index (κ1) is 19.4. The van der Waals surface area contributed by atoms with E-state index in [1.165, 1.54) is 0 Å². The SMILES string of the molecule is CC1CN(CCCN(c2ccncc2)c2cc(Cl)cc(Cl)c2)CC(C)O1. The first-order valence-electron chi connectivity index (χ1n) is 9.03. The second kappa shape index (κ2) is 9.05. The molecule has 2 aromatic rings. The van der Waals surface area contributed by atoms with E-state index in [2.05, 4.69) is 28.6 Å². The summed E-state index contributed by atoms with van der Waals surface area (Å²) < 4.78 is 5.82. The van der Waals surface area contributed by atoms with Gasteiger partial charge in [-0.05, 0) is 50.6 Å². The van der Waals surface area contributed by atoms with E-state index < -0.39 is 0 Å². The summed E-state index contributed by atoms with van der Waals surface area (Å²) in [5.41, 5.74) is 2.08. The Morgan fingerprint density at radius 1 is 1.04 bits per heavy atom. The van der Waals surface area contributed by atoms with Crippen LogP contribution in [0.4, 0.5) is 11.4 Å². The summed E-state index contributed by atoms with van der Waals surface area (Å²) in [5, 5.41) is 1.28. The minimum atomic E-state index is 0.293. The van der Waals surface area contributed by atoms with E-state index >= 15 is 0 Å². The van der Waals surface area contributed by atoms with E-state index in [0.717, 1.165) is 44.0 Å². The Labute approximate surface area is 165 Å². The predicted octanol–water partition coefficient (Wildman–Crippen LogP) is 5.03. The minimum Gasteiger partial charge on any atom is -0.373 e. The Bertz CT molecular complexity index is 683. The highest BCUT2D eigenvalue weighted by molar-refractivity contribution is 6.35. The van der Waals surface area contributed by atoms with Gasteiger partial charge in [0.2, 0.25) is 0 Å². The van der Waals surface area contributed by atoms with Gasteiger partial charge in [0.1, 0.15) is 0 Å². The number of halogens is 2. The third kappa shape index (κ3) is 5.34. The topological polar surface area (TPSA) is 28.6 Å². The fraction of sp³-hybridized carbons (Fsp3) is 0.450. The Morgan fingerprint density at radius 2 is 1.65 bits per heavy atom. The molecule has 26 heavy (non-hydrogen) atoms. The molecule has 2 unspecified atom stereocenters. The van der Waals surface area contributed by atoms with Crippen molar-refractivity contribution in [3.05, 3.63) is 52.8 Å². The van der Waals surface area contributed by atoms with Crippen molar-refractivity contribution in [2.45, 2.75) is 32.5 Å². The Kier molecular flexibility index (Phi) is 6.76. The molecule has 0 amide bonds. The molecule has 0 aliphatic carbocycles. The molecule has 4 nitrogen and oxygen atoms in total. The number of nitrogens with zero attached hydrogens (tertiary/aromatic N) is 3. The largest absolute Gasteiger partial charge is 0.373 e. The molecular weight excluding hydrogens is 369 g/mol. The summed E-state index contributed by atoms with van der Waals surface area (Å²) in [5.74, 6) is 0. The van der Waals surface area contributed by atoms with Crippen LogP contribution in [0, 0.1) is 0 Å². The van der Waals surface area contributed by atoms with E-state index in [0.29, 0.717) is 22.3 Å². The zero-order valence-electron chi connectivity index (χ0n) is 15.2. The van der Waals surface area contributed by atoms with Gasteiger partial charge in [-0.1, -0.05) is 23.2 Å². The molecule has 1 fully saturated rings. The van der Waals surface area contributed by atoms with Crippen LogP contribution in [0.25, 0.3) is 0 Å². The number of benzene rings is 1. The summed E-state index contributed by atoms with van der Waals surface area (Å²) >= 11 is 12.4. The van der Waals surface area contributed by atoms with Gasteiger partial charge in [0, 0.05) is 60.0 Å². The fourth-order valence-corrected chi connectivity index (χ4v) is 4.06. The smallest absolute Gasteiger partial charge is 0.0678 e. The third-order valence-electron chi connectivity index (χ3n) is 4.48. The molecule has 2 heterocycles. The zero-order chi connectivity index (χ0) is 18.5. The molecule has 0 saturated carbocycles. The predicted molar refractivity (Wildman–Crippen MR) is 109 cm³/mol. The number of ether oxygens (including phenoxy) is 1. The van der Waals surface area contributed by atoms with Crippen LogP contribution in [0.1, 0.15) is 20.3 Å². The average Bonchev–Trinajstić information content (AvgIpc) is 2.58. The molecule has 3 rings (SSSR count). The van der Waals surface area contributed by atoms with Crippen molar-refractivity contribution in [3.8, 4) is 0 Å². The van der Waals surface area contributed by atoms with Crippen molar-refractivity contribution in [3.63, 3.8) is 0 Å². The van der Waals surface area contributed by atoms with Crippen LogP contribution in [0.15, 0.2) is 42.7 Å². The molecule has 1 aliphatic heterocycles. The maximum Gasteiger partial charge on any atom is 0.0678 e. The molecule has 1 aromatic heterocycles. The maximum absolute atomic E-state index is 6.22. The Balaban J connectivity index is 1.70. The number of anilines is 2. The molecule has 1 aromatic carbocycles. The number of hydrogen-bond donors (Lipinski definition) is 0. The van der Waals surface area contributed by atoms with Gasteiger partial charge in [0.15, 0.2) is 0 Å². The van der Waals surface area contributed by atoms with Crippen LogP contribution in [-0.4, -0.2) is 48.3 Å². The van der Waals surface area contributed by atoms with Crippen LogP contribution in [-0.2, 0) is 4.74 Å². The van der Waals surface area contributed by atoms with Gasteiger partial charge < -0.3 is 9.64 Å². The van der Waals surface area contributed by atoms with E-state index in [9.17, 15) is 0 Å². The van der Waals surface area contributed by atoms with Crippen LogP contribution < -0.4 is 4.90 Å². The van der Waals surface area contributed by atoms with E-state index in [1.54, 1.807) is 18.5 Å². The number of morpholine rings is 1. The Hall–Kier alpha value is -1.33. The standard InChI is InChI=1S/C20H25Cl2N3O/c1-15-13-24(14-16(2)26-15)8-3-9-25(19-4-6-23-7-5-19)20-11-17(21)10-18(22)12-20/h4-7,10-12,15-16H,3,8-9,13-14H2,1-2H3. The average molecular weight is 394 g/mol. The fourth-order valence-electron chi connectivity index (χ4n) is 3.55. The number of hydrogen-bond acceptors (Lipinski definition) is 4. The molecular formula is C20H25Cl2N3O. The van der Waals surface area contributed by atoms with E-state index in [4.69, 9.17) is 27.9 Å². The lowest BCUT2D eigenvalue weighted by Crippen LogP contribution is -2.46. The van der Waals surface area contributed by atoms with Gasteiger partial charge in [-0.15, -0.1) is 0 Å². The lowest BCUT2D eigenvalue weighted by molar-refractivity contribution is -0.0679. The highest BCUT2D eigenvalue weighted by atomic mass is 35.5. The second-order valence-corrected chi connectivity index (χ2v) is 7.73. The molecule has 0 radical (unpaired) electrons. The van der Waals surface area contributed by atoms with Gasteiger partial charge in [-0.3, -0.25) is 9.88 Å². The lowest BCUT2D eigenvalue weighted by Gasteiger charge is -2.35. The summed E-state index contributed by atoms with van der Waals surface area (Å²) in [6.07, 6.45) is 5.23. The first-order chi connectivity index (χ1) is 12.5. The van der Waals surface area contributed by atoms with Gasteiger partial charge in [-0.25, -0.2) is 0 Å². The molecule has 2 atom stereocenters. The molecule has 140 valence electrons. The van der Waals surface area contributed by atoms with Gasteiger partial charge in [-0.2, -0.15) is 0 Å². The minimum absolute atomic E-state index is 0.293. The van der Waals surface area contributed by atoms with E-state index in [-0.39, 0.29) is 0 Å². The highest BCUT2D eigenvalue weighted by Gasteiger charge is 2.22. The van der Waals surface area contributed by atoms with Gasteiger partial charge >= 0.3 is 0 Å². The molecule has 1 saturated heterocycles. The quantitative estimate of drug-likeness (QED) is 0.688. The first-order valence-corrected chi connectivity index (χ1v) is 9.78. The van der Waals surface area contributed by atoms with Crippen LogP contribution in [0.2, 0.25) is 10.0 Å². The van der Waals surface area contributed by atoms with Crippen LogP contribution >= 0.6 is 23.2 Å². The molecule has 1 aliphatic rings. The maximum atomic E-state index is 6.22. The molecule has 6 heteroatoms. The molecule has 0 bridgehead atoms. The van der Waals surface area contributed by atoms with Crippen LogP contribution in [0.3, 0.4) is 0 Å². The second-order valence-electron chi connectivity index (χ2n) is 6.86. The lowest BCUT2D eigenvalue weighted by atomic mass is 10.2. The molecule has 0 N–H and O–H groups in total. The summed E-state index contributed by atoms with van der Waals surface area (Å²) in [7, 11) is 0. The van der Waals surface area contributed by atoms with Crippen molar-refractivity contribution in [2.75, 3.05) is 31.1 Å². The summed E-state index contributed by atoms with van der Waals surface area (Å²) in [6, 6.07) is 9.68. The summed E-state index contributed by atoms with van der Waals surface area (Å²) in [6.45, 7) is 8.17. The normalized spacial score (nSPS) is 20.9. The monoisotopic (exact) mass is 393 g/mol. The van der Waals surface area contributed by atoms with Gasteiger partial charge in [0.05, 0.1) is 12.2 Å². The third-order valence-corrected chi connectivity index (χ3v) is 4.92. The van der Waals surface area contributed by atoms with Crippen molar-refractivity contribution in [1.82, 2.24) is 9.88 Å². The van der Waals surface area contributed by atoms with Crippen molar-refractivity contribution < 1.29 is 4.74 Å². The summed E-state index contributed by atoms with van der Waals surface area (Å²) in [4.78, 5) is 8.85. The molecule has 0 spiro atoms. The van der Waals surface area contributed by atoms with E-state index in [1.807, 2.05) is 24.3 Å². The van der Waals surface area contributed by atoms with Crippen molar-refractivity contribution in [1.29, 1.82) is 0 Å².